The van der Waals surface area contributed by atoms with Crippen LogP contribution in [0.15, 0.2) is 35.7 Å². The second-order valence-corrected chi connectivity index (χ2v) is 5.11. The van der Waals surface area contributed by atoms with E-state index in [2.05, 4.69) is 6.07 Å². The summed E-state index contributed by atoms with van der Waals surface area (Å²) in [5.41, 5.74) is 1.35. The van der Waals surface area contributed by atoms with Gasteiger partial charge in [-0.3, -0.25) is 0 Å². The lowest BCUT2D eigenvalue weighted by Gasteiger charge is -2.23. The van der Waals surface area contributed by atoms with Gasteiger partial charge in [-0.25, -0.2) is 0 Å². The second-order valence-electron chi connectivity index (χ2n) is 4.20. The van der Waals surface area contributed by atoms with Crippen LogP contribution in [-0.2, 0) is 5.60 Å². The van der Waals surface area contributed by atoms with E-state index in [0.29, 0.717) is 5.56 Å². The Kier molecular flexibility index (Phi) is 3.01. The minimum Gasteiger partial charge on any atom is -0.380 e. The largest absolute Gasteiger partial charge is 0.380 e. The molecule has 17 heavy (non-hydrogen) atoms. The highest BCUT2D eigenvalue weighted by atomic mass is 32.1. The molecular weight excluding hydrogens is 230 g/mol. The molecule has 2 aromatic rings. The Labute approximate surface area is 105 Å². The van der Waals surface area contributed by atoms with Crippen LogP contribution >= 0.6 is 11.3 Å². The fourth-order valence-corrected chi connectivity index (χ4v) is 2.90. The smallest absolute Gasteiger partial charge is 0.121 e. The van der Waals surface area contributed by atoms with Gasteiger partial charge in [-0.1, -0.05) is 12.1 Å². The molecule has 86 valence electrons. The molecule has 3 heteroatoms. The van der Waals surface area contributed by atoms with Crippen molar-refractivity contribution in [2.45, 2.75) is 19.4 Å². The minimum absolute atomic E-state index is 0.567. The molecule has 0 radical (unpaired) electrons. The van der Waals surface area contributed by atoms with Crippen LogP contribution in [0, 0.1) is 18.3 Å². The monoisotopic (exact) mass is 243 g/mol. The van der Waals surface area contributed by atoms with Gasteiger partial charge in [-0.05, 0) is 48.6 Å². The van der Waals surface area contributed by atoms with Crippen LogP contribution in [0.1, 0.15) is 28.5 Å². The summed E-state index contributed by atoms with van der Waals surface area (Å²) in [7, 11) is 0. The fourth-order valence-electron chi connectivity index (χ4n) is 1.89. The molecule has 0 saturated carbocycles. The van der Waals surface area contributed by atoms with E-state index < -0.39 is 5.60 Å². The average Bonchev–Trinajstić information content (AvgIpc) is 2.76. The Balaban J connectivity index is 2.52. The Morgan fingerprint density at radius 2 is 2.12 bits per heavy atom. The molecule has 1 heterocycles. The van der Waals surface area contributed by atoms with Gasteiger partial charge in [0.15, 0.2) is 0 Å². The SMILES string of the molecule is Cc1ccsc1C(C)(O)c1cccc(C#N)c1. The Morgan fingerprint density at radius 3 is 2.71 bits per heavy atom. The van der Waals surface area contributed by atoms with Crippen molar-refractivity contribution in [2.75, 3.05) is 0 Å². The van der Waals surface area contributed by atoms with Crippen molar-refractivity contribution in [1.29, 1.82) is 5.26 Å². The van der Waals surface area contributed by atoms with Gasteiger partial charge in [-0.2, -0.15) is 5.26 Å². The molecule has 1 aromatic carbocycles. The molecule has 0 bridgehead atoms. The van der Waals surface area contributed by atoms with Crippen molar-refractivity contribution < 1.29 is 5.11 Å². The van der Waals surface area contributed by atoms with E-state index in [9.17, 15) is 5.11 Å². The number of benzene rings is 1. The Morgan fingerprint density at radius 1 is 1.35 bits per heavy atom. The first kappa shape index (κ1) is 11.8. The predicted octanol–water partition coefficient (Wildman–Crippen LogP) is 3.18. The van der Waals surface area contributed by atoms with E-state index in [1.807, 2.05) is 24.4 Å². The molecule has 0 spiro atoms. The first-order chi connectivity index (χ1) is 8.05. The zero-order valence-corrected chi connectivity index (χ0v) is 10.6. The topological polar surface area (TPSA) is 44.0 Å². The molecule has 1 unspecified atom stereocenters. The molecule has 0 amide bonds. The van der Waals surface area contributed by atoms with Crippen LogP contribution in [0.25, 0.3) is 0 Å². The summed E-state index contributed by atoms with van der Waals surface area (Å²) in [5.74, 6) is 0. The molecule has 1 aromatic heterocycles. The van der Waals surface area contributed by atoms with Gasteiger partial charge in [0, 0.05) is 4.88 Å². The van der Waals surface area contributed by atoms with Crippen molar-refractivity contribution >= 4 is 11.3 Å². The summed E-state index contributed by atoms with van der Waals surface area (Å²) < 4.78 is 0. The molecule has 1 atom stereocenters. The maximum absolute atomic E-state index is 10.6. The third-order valence-electron chi connectivity index (χ3n) is 2.86. The number of rotatable bonds is 2. The van der Waals surface area contributed by atoms with Crippen molar-refractivity contribution in [2.24, 2.45) is 0 Å². The van der Waals surface area contributed by atoms with Crippen molar-refractivity contribution in [3.63, 3.8) is 0 Å². The predicted molar refractivity (Wildman–Crippen MR) is 68.9 cm³/mol. The van der Waals surface area contributed by atoms with Crippen LogP contribution in [0.3, 0.4) is 0 Å². The van der Waals surface area contributed by atoms with E-state index in [4.69, 9.17) is 5.26 Å². The molecule has 0 aliphatic carbocycles. The third-order valence-corrected chi connectivity index (χ3v) is 4.09. The van der Waals surface area contributed by atoms with Gasteiger partial charge in [-0.15, -0.1) is 11.3 Å². The van der Waals surface area contributed by atoms with Crippen molar-refractivity contribution in [1.82, 2.24) is 0 Å². The normalized spacial score (nSPS) is 14.0. The highest BCUT2D eigenvalue weighted by Gasteiger charge is 2.28. The number of hydrogen-bond donors (Lipinski definition) is 1. The molecule has 0 saturated heterocycles. The van der Waals surface area contributed by atoms with Gasteiger partial charge >= 0.3 is 0 Å². The Hall–Kier alpha value is -1.63. The van der Waals surface area contributed by atoms with Crippen LogP contribution in [0.4, 0.5) is 0 Å². The molecular formula is C14H13NOS. The van der Waals surface area contributed by atoms with Crippen LogP contribution in [0.5, 0.6) is 0 Å². The molecule has 2 rings (SSSR count). The number of aryl methyl sites for hydroxylation is 1. The van der Waals surface area contributed by atoms with Crippen molar-refractivity contribution in [3.8, 4) is 6.07 Å². The first-order valence-corrected chi connectivity index (χ1v) is 6.21. The van der Waals surface area contributed by atoms with Gasteiger partial charge in [0.05, 0.1) is 11.6 Å². The molecule has 2 nitrogen and oxygen atoms in total. The van der Waals surface area contributed by atoms with Gasteiger partial charge in [0.2, 0.25) is 0 Å². The van der Waals surface area contributed by atoms with Crippen LogP contribution in [-0.4, -0.2) is 5.11 Å². The quantitative estimate of drug-likeness (QED) is 0.880. The lowest BCUT2D eigenvalue weighted by molar-refractivity contribution is 0.106. The number of nitrogens with zero attached hydrogens (tertiary/aromatic N) is 1. The number of aliphatic hydroxyl groups is 1. The summed E-state index contributed by atoms with van der Waals surface area (Å²) >= 11 is 1.53. The summed E-state index contributed by atoms with van der Waals surface area (Å²) in [6, 6.07) is 11.2. The summed E-state index contributed by atoms with van der Waals surface area (Å²) in [6.45, 7) is 3.75. The second kappa shape index (κ2) is 4.33. The van der Waals surface area contributed by atoms with Crippen molar-refractivity contribution in [3.05, 3.63) is 57.3 Å². The van der Waals surface area contributed by atoms with Gasteiger partial charge in [0.25, 0.3) is 0 Å². The molecule has 1 N–H and O–H groups in total. The highest BCUT2D eigenvalue weighted by Crippen LogP contribution is 2.35. The lowest BCUT2D eigenvalue weighted by Crippen LogP contribution is -2.22. The Bertz CT molecular complexity index is 578. The lowest BCUT2D eigenvalue weighted by atomic mass is 9.91. The fraction of sp³-hybridized carbons (Fsp3) is 0.214. The van der Waals surface area contributed by atoms with E-state index in [-0.39, 0.29) is 0 Å². The molecule has 0 fully saturated rings. The van der Waals surface area contributed by atoms with Crippen LogP contribution in [0.2, 0.25) is 0 Å². The zero-order chi connectivity index (χ0) is 12.5. The number of thiophene rings is 1. The maximum Gasteiger partial charge on any atom is 0.121 e. The van der Waals surface area contributed by atoms with Crippen LogP contribution < -0.4 is 0 Å². The van der Waals surface area contributed by atoms with Gasteiger partial charge in [0.1, 0.15) is 5.60 Å². The highest BCUT2D eigenvalue weighted by molar-refractivity contribution is 7.10. The average molecular weight is 243 g/mol. The summed E-state index contributed by atoms with van der Waals surface area (Å²) in [5, 5.41) is 21.5. The van der Waals surface area contributed by atoms with E-state index in [1.165, 1.54) is 11.3 Å². The van der Waals surface area contributed by atoms with E-state index in [1.54, 1.807) is 25.1 Å². The van der Waals surface area contributed by atoms with E-state index >= 15 is 0 Å². The minimum atomic E-state index is -1.04. The molecule has 0 aliphatic heterocycles. The number of nitriles is 1. The first-order valence-electron chi connectivity index (χ1n) is 5.33. The standard InChI is InChI=1S/C14H13NOS/c1-10-6-7-17-13(10)14(2,16)12-5-3-4-11(8-12)9-15/h3-8,16H,1-2H3. The zero-order valence-electron chi connectivity index (χ0n) is 9.77. The molecule has 0 aliphatic rings. The van der Waals surface area contributed by atoms with E-state index in [0.717, 1.165) is 16.0 Å². The summed E-state index contributed by atoms with van der Waals surface area (Å²) in [6.07, 6.45) is 0. The third kappa shape index (κ3) is 2.10. The summed E-state index contributed by atoms with van der Waals surface area (Å²) in [4.78, 5) is 0.924. The number of hydrogen-bond acceptors (Lipinski definition) is 3. The van der Waals surface area contributed by atoms with Gasteiger partial charge < -0.3 is 5.11 Å². The maximum atomic E-state index is 10.6.